The Hall–Kier alpha value is -2.27. The first-order chi connectivity index (χ1) is 13.1. The summed E-state index contributed by atoms with van der Waals surface area (Å²) in [6, 6.07) is 12.6. The smallest absolute Gasteiger partial charge is 0.272 e. The molecule has 2 aliphatic heterocycles. The number of likely N-dealkylation sites (tertiary alicyclic amines) is 2. The van der Waals surface area contributed by atoms with Gasteiger partial charge in [0.05, 0.1) is 0 Å². The predicted molar refractivity (Wildman–Crippen MR) is 103 cm³/mol. The molecule has 2 fully saturated rings. The summed E-state index contributed by atoms with van der Waals surface area (Å²) in [4.78, 5) is 21.7. The average Bonchev–Trinajstić information content (AvgIpc) is 2.67. The third-order valence-corrected chi connectivity index (χ3v) is 5.81. The van der Waals surface area contributed by atoms with Crippen molar-refractivity contribution >= 4 is 5.91 Å². The van der Waals surface area contributed by atoms with Gasteiger partial charge in [-0.05, 0) is 62.1 Å². The number of hydrogen-bond acceptors (Lipinski definition) is 3. The van der Waals surface area contributed by atoms with Gasteiger partial charge in [0.15, 0.2) is 0 Å². The van der Waals surface area contributed by atoms with Crippen LogP contribution in [-0.4, -0.2) is 53.9 Å². The number of amides is 1. The van der Waals surface area contributed by atoms with Crippen molar-refractivity contribution in [3.05, 3.63) is 65.2 Å². The predicted octanol–water partition coefficient (Wildman–Crippen LogP) is 3.34. The quantitative estimate of drug-likeness (QED) is 0.832. The van der Waals surface area contributed by atoms with Crippen LogP contribution < -0.4 is 0 Å². The van der Waals surface area contributed by atoms with Gasteiger partial charge in [-0.2, -0.15) is 0 Å². The van der Waals surface area contributed by atoms with Crippen molar-refractivity contribution < 1.29 is 9.18 Å². The molecule has 4 rings (SSSR count). The molecule has 0 N–H and O–H groups in total. The molecule has 4 nitrogen and oxygen atoms in total. The number of piperidine rings is 1. The van der Waals surface area contributed by atoms with E-state index in [-0.39, 0.29) is 11.7 Å². The summed E-state index contributed by atoms with van der Waals surface area (Å²) in [5.74, 6) is 0.848. The van der Waals surface area contributed by atoms with Crippen molar-refractivity contribution in [3.8, 4) is 0 Å². The first kappa shape index (κ1) is 18.1. The molecule has 0 bridgehead atoms. The number of nitrogens with zero attached hydrogens (tertiary/aromatic N) is 3. The first-order valence-electron chi connectivity index (χ1n) is 9.77. The van der Waals surface area contributed by atoms with E-state index < -0.39 is 0 Å². The van der Waals surface area contributed by atoms with Gasteiger partial charge in [-0.25, -0.2) is 9.37 Å². The molecule has 2 aliphatic rings. The van der Waals surface area contributed by atoms with Crippen LogP contribution in [0.25, 0.3) is 0 Å². The Kier molecular flexibility index (Phi) is 5.21. The Morgan fingerprint density at radius 3 is 2.48 bits per heavy atom. The molecule has 142 valence electrons. The van der Waals surface area contributed by atoms with Crippen LogP contribution in [0.5, 0.6) is 0 Å². The van der Waals surface area contributed by atoms with E-state index in [1.165, 1.54) is 17.7 Å². The van der Waals surface area contributed by atoms with E-state index in [1.807, 2.05) is 35.2 Å². The molecule has 1 aromatic carbocycles. The van der Waals surface area contributed by atoms with E-state index in [9.17, 15) is 9.18 Å². The van der Waals surface area contributed by atoms with Crippen molar-refractivity contribution in [2.24, 2.45) is 5.92 Å². The van der Waals surface area contributed by atoms with Crippen molar-refractivity contribution in [1.82, 2.24) is 14.8 Å². The Balaban J connectivity index is 1.33. The maximum Gasteiger partial charge on any atom is 0.272 e. The fourth-order valence-corrected chi connectivity index (χ4v) is 4.14. The molecule has 3 heterocycles. The highest BCUT2D eigenvalue weighted by Crippen LogP contribution is 2.25. The summed E-state index contributed by atoms with van der Waals surface area (Å²) < 4.78 is 13.0. The van der Waals surface area contributed by atoms with Crippen LogP contribution in [-0.2, 0) is 6.42 Å². The molecule has 0 aliphatic carbocycles. The molecule has 1 amide bonds. The molecule has 5 heteroatoms. The van der Waals surface area contributed by atoms with Crippen LogP contribution in [0.15, 0.2) is 42.5 Å². The molecule has 0 radical (unpaired) electrons. The lowest BCUT2D eigenvalue weighted by atomic mass is 9.90. The largest absolute Gasteiger partial charge is 0.337 e. The van der Waals surface area contributed by atoms with E-state index in [0.717, 1.165) is 51.1 Å². The van der Waals surface area contributed by atoms with Crippen LogP contribution >= 0.6 is 0 Å². The summed E-state index contributed by atoms with van der Waals surface area (Å²) in [6.07, 6.45) is 2.91. The Morgan fingerprint density at radius 1 is 1.11 bits per heavy atom. The van der Waals surface area contributed by atoms with E-state index >= 15 is 0 Å². The monoisotopic (exact) mass is 367 g/mol. The maximum atomic E-state index is 13.0. The van der Waals surface area contributed by atoms with Crippen molar-refractivity contribution in [1.29, 1.82) is 0 Å². The molecular formula is C22H26FN3O. The minimum atomic E-state index is -0.192. The zero-order valence-corrected chi connectivity index (χ0v) is 15.8. The lowest BCUT2D eigenvalue weighted by Crippen LogP contribution is -2.42. The van der Waals surface area contributed by atoms with E-state index in [1.54, 1.807) is 0 Å². The number of benzene rings is 1. The highest BCUT2D eigenvalue weighted by molar-refractivity contribution is 5.92. The third-order valence-electron chi connectivity index (χ3n) is 5.81. The molecule has 0 saturated carbocycles. The summed E-state index contributed by atoms with van der Waals surface area (Å²) in [7, 11) is 2.10. The molecule has 1 aromatic heterocycles. The topological polar surface area (TPSA) is 36.4 Å². The summed E-state index contributed by atoms with van der Waals surface area (Å²) in [6.45, 7) is 3.56. The van der Waals surface area contributed by atoms with Gasteiger partial charge in [-0.1, -0.05) is 18.2 Å². The standard InChI is InChI=1S/C22H26FN3O/c1-25-14-18(15-25)20-3-2-4-21(24-20)22(27)26-11-9-17(10-12-26)13-16-5-7-19(23)8-6-16/h2-8,17-18H,9-15H2,1H3. The van der Waals surface area contributed by atoms with Crippen LogP contribution in [0.3, 0.4) is 0 Å². The van der Waals surface area contributed by atoms with Gasteiger partial charge >= 0.3 is 0 Å². The Morgan fingerprint density at radius 2 is 1.81 bits per heavy atom. The lowest BCUT2D eigenvalue weighted by molar-refractivity contribution is 0.0683. The average molecular weight is 367 g/mol. The highest BCUT2D eigenvalue weighted by Gasteiger charge is 2.28. The van der Waals surface area contributed by atoms with Crippen LogP contribution in [0.1, 0.15) is 40.5 Å². The fourth-order valence-electron chi connectivity index (χ4n) is 4.14. The van der Waals surface area contributed by atoms with Gasteiger partial charge < -0.3 is 9.80 Å². The zero-order valence-electron chi connectivity index (χ0n) is 15.8. The fraction of sp³-hybridized carbons (Fsp3) is 0.455. The second-order valence-electron chi connectivity index (χ2n) is 7.93. The van der Waals surface area contributed by atoms with Gasteiger partial charge in [-0.15, -0.1) is 0 Å². The normalized spacial score (nSPS) is 19.1. The summed E-state index contributed by atoms with van der Waals surface area (Å²) in [5.41, 5.74) is 2.77. The maximum absolute atomic E-state index is 13.0. The second-order valence-corrected chi connectivity index (χ2v) is 7.93. The highest BCUT2D eigenvalue weighted by atomic mass is 19.1. The van der Waals surface area contributed by atoms with Crippen molar-refractivity contribution in [2.75, 3.05) is 33.2 Å². The number of halogens is 1. The summed E-state index contributed by atoms with van der Waals surface area (Å²) >= 11 is 0. The van der Waals surface area contributed by atoms with Crippen LogP contribution in [0, 0.1) is 11.7 Å². The number of likely N-dealkylation sites (N-methyl/N-ethyl adjacent to an activating group) is 1. The van der Waals surface area contributed by atoms with E-state index in [4.69, 9.17) is 0 Å². The first-order valence-corrected chi connectivity index (χ1v) is 9.77. The number of rotatable bonds is 4. The summed E-state index contributed by atoms with van der Waals surface area (Å²) in [5, 5.41) is 0. The van der Waals surface area contributed by atoms with Crippen molar-refractivity contribution in [3.63, 3.8) is 0 Å². The van der Waals surface area contributed by atoms with Gasteiger partial charge in [0.25, 0.3) is 5.91 Å². The van der Waals surface area contributed by atoms with Gasteiger partial charge in [-0.3, -0.25) is 4.79 Å². The van der Waals surface area contributed by atoms with E-state index in [2.05, 4.69) is 16.9 Å². The molecule has 0 atom stereocenters. The number of aromatic nitrogens is 1. The van der Waals surface area contributed by atoms with E-state index in [0.29, 0.717) is 17.5 Å². The van der Waals surface area contributed by atoms with Crippen molar-refractivity contribution in [2.45, 2.75) is 25.2 Å². The third kappa shape index (κ3) is 4.19. The Labute approximate surface area is 160 Å². The molecular weight excluding hydrogens is 341 g/mol. The Bertz CT molecular complexity index is 793. The molecule has 2 saturated heterocycles. The van der Waals surface area contributed by atoms with Gasteiger partial charge in [0, 0.05) is 37.8 Å². The lowest BCUT2D eigenvalue weighted by Gasteiger charge is -2.36. The molecule has 2 aromatic rings. The number of hydrogen-bond donors (Lipinski definition) is 0. The minimum absolute atomic E-state index is 0.0461. The second kappa shape index (κ2) is 7.77. The van der Waals surface area contributed by atoms with Gasteiger partial charge in [0.2, 0.25) is 0 Å². The molecule has 27 heavy (non-hydrogen) atoms. The zero-order chi connectivity index (χ0) is 18.8. The molecule has 0 spiro atoms. The van der Waals surface area contributed by atoms with Gasteiger partial charge in [0.1, 0.15) is 11.5 Å². The molecule has 0 unspecified atom stereocenters. The number of carbonyl (C=O) groups is 1. The minimum Gasteiger partial charge on any atom is -0.337 e. The number of pyridine rings is 1. The van der Waals surface area contributed by atoms with Crippen LogP contribution in [0.4, 0.5) is 4.39 Å². The number of carbonyl (C=O) groups excluding carboxylic acids is 1. The SMILES string of the molecule is CN1CC(c2cccc(C(=O)N3CCC(Cc4ccc(F)cc4)CC3)n2)C1. The van der Waals surface area contributed by atoms with Crippen LogP contribution in [0.2, 0.25) is 0 Å².